The summed E-state index contributed by atoms with van der Waals surface area (Å²) in [7, 11) is 1.32. The molecule has 1 aliphatic rings. The summed E-state index contributed by atoms with van der Waals surface area (Å²) in [5.74, 6) is -2.01. The maximum absolute atomic E-state index is 13.5. The Morgan fingerprint density at radius 3 is 2.16 bits per heavy atom. The van der Waals surface area contributed by atoms with Crippen molar-refractivity contribution in [2.24, 2.45) is 0 Å². The number of alkyl halides is 6. The summed E-state index contributed by atoms with van der Waals surface area (Å²) in [6.45, 7) is 0.838. The largest absolute Gasteiger partial charge is 0.416 e. The standard InChI is InChI=1S/C21H18ClF7N2O/c1-31(18-4-5-30-10-15(18)11-2-3-17(23)16(22)8-11)19(32)12-6-13(20(24,25)26)9-14(7-12)21(27,28)29/h2-3,6-9,15,18,30H,4-5,10H2,1H3/t15-,18+/m0/s1. The van der Waals surface area contributed by atoms with E-state index < -0.39 is 52.7 Å². The number of hydrogen-bond donors (Lipinski definition) is 1. The molecule has 1 N–H and O–H groups in total. The van der Waals surface area contributed by atoms with Crippen molar-refractivity contribution in [3.63, 3.8) is 0 Å². The van der Waals surface area contributed by atoms with Crippen molar-refractivity contribution >= 4 is 17.5 Å². The van der Waals surface area contributed by atoms with Crippen molar-refractivity contribution in [1.82, 2.24) is 10.2 Å². The zero-order valence-electron chi connectivity index (χ0n) is 16.6. The zero-order valence-corrected chi connectivity index (χ0v) is 17.4. The van der Waals surface area contributed by atoms with E-state index in [1.54, 1.807) is 0 Å². The topological polar surface area (TPSA) is 32.3 Å². The van der Waals surface area contributed by atoms with E-state index in [0.29, 0.717) is 37.2 Å². The number of carbonyl (C=O) groups excluding carboxylic acids is 1. The Bertz CT molecular complexity index is 974. The van der Waals surface area contributed by atoms with Gasteiger partial charge in [-0.1, -0.05) is 17.7 Å². The van der Waals surface area contributed by atoms with Crippen molar-refractivity contribution in [2.45, 2.75) is 30.7 Å². The molecule has 0 spiro atoms. The Labute approximate surface area is 184 Å². The second-order valence-corrected chi connectivity index (χ2v) is 7.96. The van der Waals surface area contributed by atoms with Crippen LogP contribution in [0.2, 0.25) is 5.02 Å². The summed E-state index contributed by atoms with van der Waals surface area (Å²) in [5, 5.41) is 2.99. The molecule has 1 fully saturated rings. The summed E-state index contributed by atoms with van der Waals surface area (Å²) in [6, 6.07) is 4.28. The molecule has 0 aromatic heterocycles. The fraction of sp³-hybridized carbons (Fsp3) is 0.381. The quantitative estimate of drug-likeness (QED) is 0.566. The second-order valence-electron chi connectivity index (χ2n) is 7.55. The van der Waals surface area contributed by atoms with Gasteiger partial charge in [0.1, 0.15) is 5.82 Å². The number of amides is 1. The van der Waals surface area contributed by atoms with Gasteiger partial charge in [-0.2, -0.15) is 26.3 Å². The van der Waals surface area contributed by atoms with Gasteiger partial charge in [0, 0.05) is 31.1 Å². The molecule has 174 valence electrons. The molecule has 2 aromatic rings. The predicted octanol–water partition coefficient (Wildman–Crippen LogP) is 5.73. The van der Waals surface area contributed by atoms with Gasteiger partial charge in [0.25, 0.3) is 5.91 Å². The highest BCUT2D eigenvalue weighted by molar-refractivity contribution is 6.30. The van der Waals surface area contributed by atoms with Crippen LogP contribution in [-0.2, 0) is 12.4 Å². The normalized spacial score (nSPS) is 19.7. The summed E-state index contributed by atoms with van der Waals surface area (Å²) in [6.07, 6.45) is -9.74. The molecule has 3 nitrogen and oxygen atoms in total. The lowest BCUT2D eigenvalue weighted by molar-refractivity contribution is -0.143. The summed E-state index contributed by atoms with van der Waals surface area (Å²) in [4.78, 5) is 14.1. The van der Waals surface area contributed by atoms with Gasteiger partial charge in [0.05, 0.1) is 16.1 Å². The van der Waals surface area contributed by atoms with Gasteiger partial charge in [0.15, 0.2) is 0 Å². The second kappa shape index (κ2) is 8.90. The van der Waals surface area contributed by atoms with Crippen molar-refractivity contribution in [3.8, 4) is 0 Å². The first-order valence-electron chi connectivity index (χ1n) is 9.51. The first-order valence-corrected chi connectivity index (χ1v) is 9.89. The molecule has 32 heavy (non-hydrogen) atoms. The van der Waals surface area contributed by atoms with Gasteiger partial charge in [-0.15, -0.1) is 0 Å². The van der Waals surface area contributed by atoms with Crippen LogP contribution in [-0.4, -0.2) is 37.0 Å². The lowest BCUT2D eigenvalue weighted by Crippen LogP contribution is -2.49. The molecule has 1 aliphatic heterocycles. The third-order valence-electron chi connectivity index (χ3n) is 5.47. The fourth-order valence-corrected chi connectivity index (χ4v) is 4.01. The third kappa shape index (κ3) is 5.17. The van der Waals surface area contributed by atoms with Crippen LogP contribution >= 0.6 is 11.6 Å². The molecule has 0 saturated carbocycles. The highest BCUT2D eigenvalue weighted by Crippen LogP contribution is 2.37. The summed E-state index contributed by atoms with van der Waals surface area (Å²) >= 11 is 5.85. The Balaban J connectivity index is 1.97. The van der Waals surface area contributed by atoms with Crippen molar-refractivity contribution in [2.75, 3.05) is 20.1 Å². The highest BCUT2D eigenvalue weighted by atomic mass is 35.5. The van der Waals surface area contributed by atoms with Crippen LogP contribution in [0.15, 0.2) is 36.4 Å². The average molecular weight is 483 g/mol. The van der Waals surface area contributed by atoms with E-state index in [9.17, 15) is 35.5 Å². The Morgan fingerprint density at radius 1 is 1.03 bits per heavy atom. The van der Waals surface area contributed by atoms with E-state index in [1.165, 1.54) is 19.2 Å². The van der Waals surface area contributed by atoms with Crippen LogP contribution in [0.3, 0.4) is 0 Å². The number of nitrogens with one attached hydrogen (secondary N) is 1. The molecule has 11 heteroatoms. The molecule has 0 unspecified atom stereocenters. The number of benzene rings is 2. The number of likely N-dealkylation sites (N-methyl/N-ethyl adjacent to an activating group) is 1. The molecule has 2 aromatic carbocycles. The number of rotatable bonds is 3. The van der Waals surface area contributed by atoms with Gasteiger partial charge < -0.3 is 10.2 Å². The van der Waals surface area contributed by atoms with E-state index >= 15 is 0 Å². The van der Waals surface area contributed by atoms with Gasteiger partial charge in [-0.25, -0.2) is 4.39 Å². The van der Waals surface area contributed by atoms with E-state index in [1.807, 2.05) is 0 Å². The minimum absolute atomic E-state index is 0.0232. The molecule has 0 bridgehead atoms. The molecular formula is C21H18ClF7N2O. The first-order chi connectivity index (χ1) is 14.8. The molecular weight excluding hydrogens is 465 g/mol. The van der Waals surface area contributed by atoms with Gasteiger partial charge >= 0.3 is 12.4 Å². The van der Waals surface area contributed by atoms with Crippen LogP contribution in [0.1, 0.15) is 39.4 Å². The van der Waals surface area contributed by atoms with Crippen LogP contribution in [0.4, 0.5) is 30.7 Å². The number of halogens is 8. The fourth-order valence-electron chi connectivity index (χ4n) is 3.82. The van der Waals surface area contributed by atoms with Gasteiger partial charge in [-0.05, 0) is 48.9 Å². The molecule has 1 amide bonds. The number of piperidine rings is 1. The monoisotopic (exact) mass is 482 g/mol. The van der Waals surface area contributed by atoms with E-state index in [2.05, 4.69) is 5.32 Å². The molecule has 1 saturated heterocycles. The van der Waals surface area contributed by atoms with Gasteiger partial charge in [-0.3, -0.25) is 4.79 Å². The number of carbonyl (C=O) groups is 1. The summed E-state index contributed by atoms with van der Waals surface area (Å²) < 4.78 is 92.5. The van der Waals surface area contributed by atoms with Crippen molar-refractivity contribution in [3.05, 3.63) is 69.5 Å². The van der Waals surface area contributed by atoms with E-state index in [0.717, 1.165) is 11.0 Å². The van der Waals surface area contributed by atoms with Crippen molar-refractivity contribution in [1.29, 1.82) is 0 Å². The Morgan fingerprint density at radius 2 is 1.62 bits per heavy atom. The van der Waals surface area contributed by atoms with Crippen LogP contribution < -0.4 is 5.32 Å². The smallest absolute Gasteiger partial charge is 0.338 e. The molecule has 0 radical (unpaired) electrons. The minimum atomic E-state index is -5.06. The highest BCUT2D eigenvalue weighted by Gasteiger charge is 2.39. The maximum atomic E-state index is 13.5. The van der Waals surface area contributed by atoms with E-state index in [-0.39, 0.29) is 11.1 Å². The maximum Gasteiger partial charge on any atom is 0.416 e. The first kappa shape index (κ1) is 24.3. The molecule has 1 heterocycles. The van der Waals surface area contributed by atoms with Crippen molar-refractivity contribution < 1.29 is 35.5 Å². The van der Waals surface area contributed by atoms with Crippen LogP contribution in [0.25, 0.3) is 0 Å². The summed E-state index contributed by atoms with van der Waals surface area (Å²) in [5.41, 5.74) is -3.25. The lowest BCUT2D eigenvalue weighted by atomic mass is 9.85. The Kier molecular flexibility index (Phi) is 6.76. The average Bonchev–Trinajstić information content (AvgIpc) is 2.73. The predicted molar refractivity (Wildman–Crippen MR) is 104 cm³/mol. The number of nitrogens with zero attached hydrogens (tertiary/aromatic N) is 1. The number of hydrogen-bond acceptors (Lipinski definition) is 2. The van der Waals surface area contributed by atoms with Gasteiger partial charge in [0.2, 0.25) is 0 Å². The van der Waals surface area contributed by atoms with Crippen LogP contribution in [0.5, 0.6) is 0 Å². The van der Waals surface area contributed by atoms with Crippen LogP contribution in [0, 0.1) is 5.82 Å². The molecule has 2 atom stereocenters. The molecule has 0 aliphatic carbocycles. The lowest BCUT2D eigenvalue weighted by Gasteiger charge is -2.39. The molecule has 3 rings (SSSR count). The van der Waals surface area contributed by atoms with E-state index in [4.69, 9.17) is 11.6 Å². The SMILES string of the molecule is CN(C(=O)c1cc(C(F)(F)F)cc(C(F)(F)F)c1)[C@@H]1CCNC[C@H]1c1ccc(F)c(Cl)c1. The third-order valence-corrected chi connectivity index (χ3v) is 5.76. The minimum Gasteiger partial charge on any atom is -0.338 e. The Hall–Kier alpha value is -2.33. The zero-order chi connectivity index (χ0) is 23.8.